The number of hydrogen-bond acceptors (Lipinski definition) is 4. The van der Waals surface area contributed by atoms with Gasteiger partial charge in [0.1, 0.15) is 22.7 Å². The van der Waals surface area contributed by atoms with Gasteiger partial charge in [0.25, 0.3) is 0 Å². The van der Waals surface area contributed by atoms with Crippen molar-refractivity contribution in [2.24, 2.45) is 4.99 Å². The molecule has 0 aliphatic carbocycles. The number of halogens is 1. The number of aliphatic imine (C=N–C) groups is 1. The molecule has 0 saturated heterocycles. The fraction of sp³-hybridized carbons (Fsp3) is 0.0588. The Bertz CT molecular complexity index is 944. The second-order valence-corrected chi connectivity index (χ2v) is 4.84. The molecule has 0 radical (unpaired) electrons. The third-order valence-corrected chi connectivity index (χ3v) is 3.32. The third kappa shape index (κ3) is 2.48. The van der Waals surface area contributed by atoms with Gasteiger partial charge < -0.3 is 9.52 Å². The van der Waals surface area contributed by atoms with Crippen LogP contribution in [0.5, 0.6) is 5.75 Å². The molecule has 3 aromatic rings. The Morgan fingerprint density at radius 1 is 1.23 bits per heavy atom. The van der Waals surface area contributed by atoms with Crippen LogP contribution in [0.25, 0.3) is 11.0 Å². The van der Waals surface area contributed by atoms with Gasteiger partial charge >= 0.3 is 5.63 Å². The van der Waals surface area contributed by atoms with E-state index in [0.717, 1.165) is 5.56 Å². The first-order chi connectivity index (χ1) is 10.6. The normalized spacial score (nSPS) is 11.4. The van der Waals surface area contributed by atoms with E-state index in [1.54, 1.807) is 37.3 Å². The lowest BCUT2D eigenvalue weighted by molar-refractivity contribution is 0.466. The van der Waals surface area contributed by atoms with E-state index >= 15 is 0 Å². The predicted molar refractivity (Wildman–Crippen MR) is 82.5 cm³/mol. The summed E-state index contributed by atoms with van der Waals surface area (Å²) < 4.78 is 18.4. The van der Waals surface area contributed by atoms with Crippen molar-refractivity contribution in [3.63, 3.8) is 0 Å². The van der Waals surface area contributed by atoms with Crippen molar-refractivity contribution in [2.75, 3.05) is 0 Å². The lowest BCUT2D eigenvalue weighted by Crippen LogP contribution is -2.06. The zero-order chi connectivity index (χ0) is 15.7. The SMILES string of the molecule is Cc1ccc(F)cc1N=Cc1c(O)c2ccccc2oc1=O. The highest BCUT2D eigenvalue weighted by Gasteiger charge is 2.11. The van der Waals surface area contributed by atoms with Gasteiger partial charge in [-0.15, -0.1) is 0 Å². The van der Waals surface area contributed by atoms with E-state index < -0.39 is 11.4 Å². The number of nitrogens with zero attached hydrogens (tertiary/aromatic N) is 1. The summed E-state index contributed by atoms with van der Waals surface area (Å²) in [6, 6.07) is 10.8. The third-order valence-electron chi connectivity index (χ3n) is 3.32. The smallest absolute Gasteiger partial charge is 0.348 e. The van der Waals surface area contributed by atoms with E-state index in [-0.39, 0.29) is 11.3 Å². The van der Waals surface area contributed by atoms with Crippen molar-refractivity contribution in [1.82, 2.24) is 0 Å². The minimum absolute atomic E-state index is 0.0673. The van der Waals surface area contributed by atoms with Gasteiger partial charge in [0, 0.05) is 6.21 Å². The van der Waals surface area contributed by atoms with Gasteiger partial charge in [0.2, 0.25) is 0 Å². The van der Waals surface area contributed by atoms with Crippen molar-refractivity contribution in [3.05, 3.63) is 69.8 Å². The molecule has 0 bridgehead atoms. The van der Waals surface area contributed by atoms with Crippen LogP contribution in [0.15, 0.2) is 56.7 Å². The Labute approximate surface area is 125 Å². The Balaban J connectivity index is 2.13. The summed E-state index contributed by atoms with van der Waals surface area (Å²) in [5.41, 5.74) is 0.662. The van der Waals surface area contributed by atoms with Gasteiger partial charge in [-0.05, 0) is 36.8 Å². The fourth-order valence-electron chi connectivity index (χ4n) is 2.12. The Morgan fingerprint density at radius 2 is 2.00 bits per heavy atom. The molecule has 22 heavy (non-hydrogen) atoms. The summed E-state index contributed by atoms with van der Waals surface area (Å²) in [7, 11) is 0. The average Bonchev–Trinajstić information content (AvgIpc) is 2.50. The lowest BCUT2D eigenvalue weighted by Gasteiger charge is -2.03. The molecule has 0 spiro atoms. The molecule has 5 heteroatoms. The largest absolute Gasteiger partial charge is 0.506 e. The summed E-state index contributed by atoms with van der Waals surface area (Å²) in [6.45, 7) is 1.77. The molecule has 0 amide bonds. The van der Waals surface area contributed by atoms with Gasteiger partial charge in [0.15, 0.2) is 0 Å². The number of rotatable bonds is 2. The summed E-state index contributed by atoms with van der Waals surface area (Å²) in [6.07, 6.45) is 1.19. The van der Waals surface area contributed by atoms with Crippen LogP contribution in [0.4, 0.5) is 10.1 Å². The first-order valence-corrected chi connectivity index (χ1v) is 6.61. The van der Waals surface area contributed by atoms with Crippen molar-refractivity contribution >= 4 is 22.9 Å². The number of aryl methyl sites for hydroxylation is 1. The van der Waals surface area contributed by atoms with E-state index in [9.17, 15) is 14.3 Å². The van der Waals surface area contributed by atoms with E-state index in [1.165, 1.54) is 18.3 Å². The van der Waals surface area contributed by atoms with Crippen LogP contribution in [0.1, 0.15) is 11.1 Å². The summed E-state index contributed by atoms with van der Waals surface area (Å²) in [4.78, 5) is 16.0. The highest BCUT2D eigenvalue weighted by Crippen LogP contribution is 2.26. The van der Waals surface area contributed by atoms with E-state index in [4.69, 9.17) is 4.42 Å². The Hall–Kier alpha value is -2.95. The highest BCUT2D eigenvalue weighted by molar-refractivity contribution is 5.94. The first kappa shape index (κ1) is 14.0. The van der Waals surface area contributed by atoms with E-state index in [1.807, 2.05) is 0 Å². The molecule has 0 aliphatic rings. The maximum absolute atomic E-state index is 13.2. The zero-order valence-electron chi connectivity index (χ0n) is 11.7. The second kappa shape index (κ2) is 5.44. The lowest BCUT2D eigenvalue weighted by atomic mass is 10.1. The first-order valence-electron chi connectivity index (χ1n) is 6.61. The van der Waals surface area contributed by atoms with Gasteiger partial charge in [-0.1, -0.05) is 18.2 Å². The van der Waals surface area contributed by atoms with Gasteiger partial charge in [-0.3, -0.25) is 4.99 Å². The van der Waals surface area contributed by atoms with Crippen molar-refractivity contribution in [2.45, 2.75) is 6.92 Å². The van der Waals surface area contributed by atoms with Crippen LogP contribution in [-0.2, 0) is 0 Å². The molecule has 1 heterocycles. The number of benzene rings is 2. The van der Waals surface area contributed by atoms with Crippen molar-refractivity contribution in [3.8, 4) is 5.75 Å². The number of para-hydroxylation sites is 1. The van der Waals surface area contributed by atoms with Crippen LogP contribution >= 0.6 is 0 Å². The van der Waals surface area contributed by atoms with E-state index in [2.05, 4.69) is 4.99 Å². The molecule has 0 atom stereocenters. The Kier molecular flexibility index (Phi) is 3.47. The molecule has 0 aliphatic heterocycles. The molecule has 3 rings (SSSR count). The minimum Gasteiger partial charge on any atom is -0.506 e. The quantitative estimate of drug-likeness (QED) is 0.579. The van der Waals surface area contributed by atoms with Crippen LogP contribution in [0, 0.1) is 12.7 Å². The molecule has 0 fully saturated rings. The highest BCUT2D eigenvalue weighted by atomic mass is 19.1. The van der Waals surface area contributed by atoms with Gasteiger partial charge in [-0.2, -0.15) is 0 Å². The summed E-state index contributed by atoms with van der Waals surface area (Å²) >= 11 is 0. The van der Waals surface area contributed by atoms with Crippen LogP contribution < -0.4 is 5.63 Å². The fourth-order valence-corrected chi connectivity index (χ4v) is 2.12. The van der Waals surface area contributed by atoms with Gasteiger partial charge in [0.05, 0.1) is 11.1 Å². The van der Waals surface area contributed by atoms with Crippen molar-refractivity contribution in [1.29, 1.82) is 0 Å². The summed E-state index contributed by atoms with van der Waals surface area (Å²) in [5.74, 6) is -0.628. The summed E-state index contributed by atoms with van der Waals surface area (Å²) in [5, 5.41) is 10.6. The molecule has 1 N–H and O–H groups in total. The molecule has 4 nitrogen and oxygen atoms in total. The second-order valence-electron chi connectivity index (χ2n) is 4.84. The zero-order valence-corrected chi connectivity index (χ0v) is 11.7. The minimum atomic E-state index is -0.700. The average molecular weight is 297 g/mol. The molecule has 0 saturated carbocycles. The molecule has 0 unspecified atom stereocenters. The van der Waals surface area contributed by atoms with E-state index in [0.29, 0.717) is 16.7 Å². The molecule has 1 aromatic heterocycles. The topological polar surface area (TPSA) is 62.8 Å². The molecule has 110 valence electrons. The number of hydrogen-bond donors (Lipinski definition) is 1. The maximum Gasteiger partial charge on any atom is 0.348 e. The van der Waals surface area contributed by atoms with Crippen LogP contribution in [-0.4, -0.2) is 11.3 Å². The van der Waals surface area contributed by atoms with Crippen LogP contribution in [0.3, 0.4) is 0 Å². The maximum atomic E-state index is 13.2. The standard InChI is InChI=1S/C17H12FNO3/c1-10-6-7-11(18)8-14(10)19-9-13-16(20)12-4-2-3-5-15(12)22-17(13)21/h2-9,20H,1H3. The monoisotopic (exact) mass is 297 g/mol. The molecular weight excluding hydrogens is 285 g/mol. The number of fused-ring (bicyclic) bond motifs is 1. The molecule has 2 aromatic carbocycles. The van der Waals surface area contributed by atoms with Crippen LogP contribution in [0.2, 0.25) is 0 Å². The number of aromatic hydroxyl groups is 1. The predicted octanol–water partition coefficient (Wildman–Crippen LogP) is 3.70. The van der Waals surface area contributed by atoms with Gasteiger partial charge in [-0.25, -0.2) is 9.18 Å². The van der Waals surface area contributed by atoms with Crippen molar-refractivity contribution < 1.29 is 13.9 Å². The molecular formula is C17H12FNO3. The Morgan fingerprint density at radius 3 is 2.82 bits per heavy atom.